The molecule has 2 heterocycles. The van der Waals surface area contributed by atoms with E-state index in [1.165, 1.54) is 18.6 Å². The number of hydrogen-bond donors (Lipinski definition) is 1. The van der Waals surface area contributed by atoms with Crippen LogP contribution in [0.4, 0.5) is 5.82 Å². The Kier molecular flexibility index (Phi) is 4.95. The van der Waals surface area contributed by atoms with Crippen LogP contribution in [-0.2, 0) is 9.53 Å². The van der Waals surface area contributed by atoms with Gasteiger partial charge < -0.3 is 14.5 Å². The maximum absolute atomic E-state index is 11.8. The molecular formula is C17H18N2O4. The van der Waals surface area contributed by atoms with Crippen LogP contribution in [0.3, 0.4) is 0 Å². The fourth-order valence-corrected chi connectivity index (χ4v) is 1.66. The molecule has 0 fully saturated rings. The minimum atomic E-state index is -0.527. The van der Waals surface area contributed by atoms with E-state index in [0.717, 1.165) is 5.56 Å². The smallest absolute Gasteiger partial charge is 0.331 e. The number of nitrogens with zero attached hydrogens (tertiary/aromatic N) is 1. The van der Waals surface area contributed by atoms with Crippen molar-refractivity contribution in [2.75, 3.05) is 5.32 Å². The Morgan fingerprint density at radius 2 is 2.04 bits per heavy atom. The normalized spacial score (nSPS) is 11.4. The van der Waals surface area contributed by atoms with Gasteiger partial charge in [0.2, 0.25) is 0 Å². The molecule has 0 saturated carbocycles. The fraction of sp³-hybridized carbons (Fsp3) is 0.235. The van der Waals surface area contributed by atoms with Crippen LogP contribution in [0.2, 0.25) is 0 Å². The number of pyridine rings is 1. The molecule has 0 atom stereocenters. The third-order valence-electron chi connectivity index (χ3n) is 2.63. The molecule has 0 aliphatic heterocycles. The quantitative estimate of drug-likeness (QED) is 0.692. The first-order valence-electron chi connectivity index (χ1n) is 7.04. The van der Waals surface area contributed by atoms with Gasteiger partial charge in [0.1, 0.15) is 17.7 Å². The predicted molar refractivity (Wildman–Crippen MR) is 85.8 cm³/mol. The molecule has 6 nitrogen and oxygen atoms in total. The number of amides is 1. The van der Waals surface area contributed by atoms with Crippen molar-refractivity contribution in [3.8, 4) is 0 Å². The van der Waals surface area contributed by atoms with E-state index in [4.69, 9.17) is 9.15 Å². The van der Waals surface area contributed by atoms with Gasteiger partial charge in [-0.25, -0.2) is 9.78 Å². The highest BCUT2D eigenvalue weighted by Crippen LogP contribution is 2.11. The van der Waals surface area contributed by atoms with Gasteiger partial charge in [-0.15, -0.1) is 0 Å². The van der Waals surface area contributed by atoms with Gasteiger partial charge in [0.25, 0.3) is 5.91 Å². The first-order chi connectivity index (χ1) is 10.8. The van der Waals surface area contributed by atoms with Crippen LogP contribution >= 0.6 is 0 Å². The predicted octanol–water partition coefficient (Wildman–Crippen LogP) is 3.28. The Morgan fingerprint density at radius 3 is 2.61 bits per heavy atom. The molecule has 1 N–H and O–H groups in total. The number of esters is 1. The van der Waals surface area contributed by atoms with Crippen molar-refractivity contribution in [2.45, 2.75) is 26.4 Å². The Labute approximate surface area is 134 Å². The molecule has 2 rings (SSSR count). The average molecular weight is 314 g/mol. The Bertz CT molecular complexity index is 695. The number of carbonyl (C=O) groups excluding carboxylic acids is 2. The first-order valence-corrected chi connectivity index (χ1v) is 7.04. The van der Waals surface area contributed by atoms with Gasteiger partial charge in [0.05, 0.1) is 11.8 Å². The number of anilines is 1. The minimum Gasteiger partial charge on any atom is -0.472 e. The SMILES string of the molecule is CC(C)(C)OC(=O)C=Cc1ccc(NC(=O)c2ccoc2)nc1. The topological polar surface area (TPSA) is 81.4 Å². The lowest BCUT2D eigenvalue weighted by atomic mass is 10.2. The largest absolute Gasteiger partial charge is 0.472 e. The molecule has 6 heteroatoms. The van der Waals surface area contributed by atoms with Crippen LogP contribution in [0.15, 0.2) is 47.4 Å². The molecule has 0 aliphatic rings. The van der Waals surface area contributed by atoms with E-state index in [-0.39, 0.29) is 5.91 Å². The second kappa shape index (κ2) is 6.91. The number of hydrogen-bond acceptors (Lipinski definition) is 5. The Morgan fingerprint density at radius 1 is 1.26 bits per heavy atom. The van der Waals surface area contributed by atoms with Crippen molar-refractivity contribution in [3.05, 3.63) is 54.1 Å². The van der Waals surface area contributed by atoms with Gasteiger partial charge in [0, 0.05) is 12.3 Å². The van der Waals surface area contributed by atoms with Crippen LogP contribution in [0, 0.1) is 0 Å². The van der Waals surface area contributed by atoms with Crippen molar-refractivity contribution in [2.24, 2.45) is 0 Å². The molecule has 0 unspecified atom stereocenters. The number of rotatable bonds is 4. The highest BCUT2D eigenvalue weighted by atomic mass is 16.6. The molecular weight excluding hydrogens is 296 g/mol. The van der Waals surface area contributed by atoms with Gasteiger partial charge in [-0.05, 0) is 50.6 Å². The summed E-state index contributed by atoms with van der Waals surface area (Å²) in [6, 6.07) is 4.94. The van der Waals surface area contributed by atoms with Crippen LogP contribution in [0.25, 0.3) is 6.08 Å². The molecule has 0 spiro atoms. The summed E-state index contributed by atoms with van der Waals surface area (Å²) in [7, 11) is 0. The molecule has 23 heavy (non-hydrogen) atoms. The Hall–Kier alpha value is -2.89. The summed E-state index contributed by atoms with van der Waals surface area (Å²) in [5, 5.41) is 2.64. The summed E-state index contributed by atoms with van der Waals surface area (Å²) in [6.45, 7) is 5.41. The van der Waals surface area contributed by atoms with E-state index in [9.17, 15) is 9.59 Å². The Balaban J connectivity index is 1.94. The lowest BCUT2D eigenvalue weighted by Crippen LogP contribution is -2.22. The van der Waals surface area contributed by atoms with Crippen molar-refractivity contribution in [3.63, 3.8) is 0 Å². The van der Waals surface area contributed by atoms with Crippen molar-refractivity contribution in [1.82, 2.24) is 4.98 Å². The third kappa shape index (κ3) is 5.43. The van der Waals surface area contributed by atoms with Gasteiger partial charge >= 0.3 is 5.97 Å². The van der Waals surface area contributed by atoms with Crippen LogP contribution in [0.5, 0.6) is 0 Å². The van der Waals surface area contributed by atoms with E-state index in [1.54, 1.807) is 51.2 Å². The molecule has 0 aliphatic carbocycles. The summed E-state index contributed by atoms with van der Waals surface area (Å²) in [6.07, 6.45) is 7.26. The van der Waals surface area contributed by atoms with Gasteiger partial charge in [-0.1, -0.05) is 0 Å². The second-order valence-corrected chi connectivity index (χ2v) is 5.81. The number of furan rings is 1. The first kappa shape index (κ1) is 16.5. The van der Waals surface area contributed by atoms with E-state index in [0.29, 0.717) is 11.4 Å². The van der Waals surface area contributed by atoms with Crippen LogP contribution in [0.1, 0.15) is 36.7 Å². The highest BCUT2D eigenvalue weighted by Gasteiger charge is 2.13. The van der Waals surface area contributed by atoms with Crippen LogP contribution < -0.4 is 5.32 Å². The monoisotopic (exact) mass is 314 g/mol. The number of ether oxygens (including phenoxy) is 1. The molecule has 0 bridgehead atoms. The lowest BCUT2D eigenvalue weighted by Gasteiger charge is -2.17. The van der Waals surface area contributed by atoms with Crippen LogP contribution in [-0.4, -0.2) is 22.5 Å². The summed E-state index contributed by atoms with van der Waals surface area (Å²) < 4.78 is 10.0. The van der Waals surface area contributed by atoms with E-state index >= 15 is 0 Å². The number of carbonyl (C=O) groups is 2. The maximum atomic E-state index is 11.8. The zero-order valence-corrected chi connectivity index (χ0v) is 13.2. The average Bonchev–Trinajstić information content (AvgIpc) is 2.99. The summed E-state index contributed by atoms with van der Waals surface area (Å²) >= 11 is 0. The lowest BCUT2D eigenvalue weighted by molar-refractivity contribution is -0.148. The number of aromatic nitrogens is 1. The fourth-order valence-electron chi connectivity index (χ4n) is 1.66. The van der Waals surface area contributed by atoms with Crippen molar-refractivity contribution >= 4 is 23.8 Å². The zero-order chi connectivity index (χ0) is 16.9. The zero-order valence-electron chi connectivity index (χ0n) is 13.2. The minimum absolute atomic E-state index is 0.303. The van der Waals surface area contributed by atoms with E-state index in [2.05, 4.69) is 10.3 Å². The molecule has 120 valence electrons. The highest BCUT2D eigenvalue weighted by molar-refractivity contribution is 6.03. The van der Waals surface area contributed by atoms with Crippen molar-refractivity contribution < 1.29 is 18.7 Å². The molecule has 1 amide bonds. The molecule has 2 aromatic heterocycles. The van der Waals surface area contributed by atoms with Crippen molar-refractivity contribution in [1.29, 1.82) is 0 Å². The molecule has 0 saturated heterocycles. The van der Waals surface area contributed by atoms with Gasteiger partial charge in [0.15, 0.2) is 0 Å². The second-order valence-electron chi connectivity index (χ2n) is 5.81. The maximum Gasteiger partial charge on any atom is 0.331 e. The summed E-state index contributed by atoms with van der Waals surface area (Å²) in [5.74, 6) is -0.316. The number of nitrogens with one attached hydrogen (secondary N) is 1. The van der Waals surface area contributed by atoms with Gasteiger partial charge in [-0.3, -0.25) is 4.79 Å². The van der Waals surface area contributed by atoms with Gasteiger partial charge in [-0.2, -0.15) is 0 Å². The molecule has 0 aromatic carbocycles. The summed E-state index contributed by atoms with van der Waals surface area (Å²) in [4.78, 5) is 27.5. The standard InChI is InChI=1S/C17H18N2O4/c1-17(2,3)23-15(20)7-5-12-4-6-14(18-10-12)19-16(21)13-8-9-22-11-13/h4-11H,1-3H3,(H,18,19,21). The van der Waals surface area contributed by atoms with E-state index in [1.807, 2.05) is 0 Å². The molecule has 0 radical (unpaired) electrons. The summed E-state index contributed by atoms with van der Waals surface area (Å²) in [5.41, 5.74) is 0.610. The van der Waals surface area contributed by atoms with E-state index < -0.39 is 11.6 Å². The molecule has 2 aromatic rings. The third-order valence-corrected chi connectivity index (χ3v) is 2.63.